The summed E-state index contributed by atoms with van der Waals surface area (Å²) in [6, 6.07) is 7.01. The van der Waals surface area contributed by atoms with Gasteiger partial charge in [-0.2, -0.15) is 0 Å². The third kappa shape index (κ3) is 2.75. The number of nitrogens with zero attached hydrogens (tertiary/aromatic N) is 1. The molecule has 0 aliphatic heterocycles. The molecular weight excluding hydrogens is 320 g/mol. The minimum Gasteiger partial charge on any atom is -0.386 e. The van der Waals surface area contributed by atoms with E-state index in [0.29, 0.717) is 0 Å². The maximum atomic E-state index is 4.75. The molecule has 25 heavy (non-hydrogen) atoms. The van der Waals surface area contributed by atoms with Gasteiger partial charge in [0.2, 0.25) is 0 Å². The molecule has 0 atom stereocenters. The van der Waals surface area contributed by atoms with Gasteiger partial charge in [0.25, 0.3) is 0 Å². The van der Waals surface area contributed by atoms with Gasteiger partial charge in [-0.3, -0.25) is 4.98 Å². The van der Waals surface area contributed by atoms with E-state index in [1.54, 1.807) is 0 Å². The van der Waals surface area contributed by atoms with E-state index < -0.39 is 8.07 Å². The fourth-order valence-corrected chi connectivity index (χ4v) is 5.32. The number of likely N-dealkylation sites (N-methyl/N-ethyl adjacent to an activating group) is 1. The first-order valence-corrected chi connectivity index (χ1v) is 12.7. The first kappa shape index (κ1) is 17.9. The number of benzene rings is 1. The zero-order chi connectivity index (χ0) is 18.6. The SMILES string of the molecule is C=C(NCC)C1=C(C)c2nccc3cc([Si](C)(C)C)cc(c23)C1(C)C. The van der Waals surface area contributed by atoms with E-state index in [0.717, 1.165) is 17.9 Å². The monoisotopic (exact) mass is 350 g/mol. The van der Waals surface area contributed by atoms with Gasteiger partial charge in [-0.15, -0.1) is 0 Å². The van der Waals surface area contributed by atoms with Crippen LogP contribution < -0.4 is 10.5 Å². The lowest BCUT2D eigenvalue weighted by Gasteiger charge is -2.38. The number of hydrogen-bond donors (Lipinski definition) is 1. The van der Waals surface area contributed by atoms with E-state index in [1.165, 1.54) is 32.7 Å². The first-order valence-electron chi connectivity index (χ1n) is 9.17. The summed E-state index contributed by atoms with van der Waals surface area (Å²) in [5.74, 6) is 0. The summed E-state index contributed by atoms with van der Waals surface area (Å²) in [5, 5.41) is 7.58. The number of rotatable bonds is 4. The fourth-order valence-electron chi connectivity index (χ4n) is 4.15. The van der Waals surface area contributed by atoms with Crippen LogP contribution in [0.15, 0.2) is 42.2 Å². The highest BCUT2D eigenvalue weighted by molar-refractivity contribution is 6.88. The molecular formula is C22H30N2Si. The maximum Gasteiger partial charge on any atom is 0.0776 e. The van der Waals surface area contributed by atoms with Gasteiger partial charge in [-0.05, 0) is 42.0 Å². The quantitative estimate of drug-likeness (QED) is 0.788. The number of aromatic nitrogens is 1. The van der Waals surface area contributed by atoms with Crippen molar-refractivity contribution in [1.82, 2.24) is 10.3 Å². The second kappa shape index (κ2) is 5.84. The summed E-state index contributed by atoms with van der Waals surface area (Å²) in [6.45, 7) is 21.4. The van der Waals surface area contributed by atoms with Crippen molar-refractivity contribution in [3.05, 3.63) is 53.5 Å². The predicted octanol–water partition coefficient (Wildman–Crippen LogP) is 4.97. The van der Waals surface area contributed by atoms with E-state index >= 15 is 0 Å². The third-order valence-corrected chi connectivity index (χ3v) is 7.47. The zero-order valence-corrected chi connectivity index (χ0v) is 17.7. The van der Waals surface area contributed by atoms with Crippen LogP contribution in [0.4, 0.5) is 0 Å². The van der Waals surface area contributed by atoms with Crippen molar-refractivity contribution < 1.29 is 0 Å². The number of allylic oxidation sites excluding steroid dienone is 2. The molecule has 132 valence electrons. The summed E-state index contributed by atoms with van der Waals surface area (Å²) < 4.78 is 0. The Hall–Kier alpha value is -1.87. The number of pyridine rings is 1. The van der Waals surface area contributed by atoms with Gasteiger partial charge < -0.3 is 5.32 Å². The largest absolute Gasteiger partial charge is 0.386 e. The van der Waals surface area contributed by atoms with E-state index in [-0.39, 0.29) is 5.41 Å². The van der Waals surface area contributed by atoms with E-state index in [9.17, 15) is 0 Å². The van der Waals surface area contributed by atoms with Crippen molar-refractivity contribution in [3.63, 3.8) is 0 Å². The van der Waals surface area contributed by atoms with Gasteiger partial charge in [0, 0.05) is 29.2 Å². The number of hydrogen-bond acceptors (Lipinski definition) is 2. The molecule has 1 aliphatic rings. The van der Waals surface area contributed by atoms with Crippen molar-refractivity contribution in [2.45, 2.75) is 52.8 Å². The van der Waals surface area contributed by atoms with Crippen molar-refractivity contribution in [2.24, 2.45) is 0 Å². The molecule has 0 saturated carbocycles. The molecule has 1 aromatic carbocycles. The van der Waals surface area contributed by atoms with Crippen molar-refractivity contribution in [3.8, 4) is 0 Å². The Bertz CT molecular complexity index is 898. The Balaban J connectivity index is 2.40. The standard InChI is InChI=1S/C22H30N2Si/c1-9-23-15(3)20-14(2)21-19-16(10-11-24-21)12-17(25(6,7)8)13-18(19)22(20,4)5/h10-13,23H,3,9H2,1-2,4-8H3. The van der Waals surface area contributed by atoms with Crippen LogP contribution in [0.3, 0.4) is 0 Å². The molecule has 0 radical (unpaired) electrons. The van der Waals surface area contributed by atoms with E-state index in [1.807, 2.05) is 6.20 Å². The highest BCUT2D eigenvalue weighted by atomic mass is 28.3. The van der Waals surface area contributed by atoms with Gasteiger partial charge in [0.1, 0.15) is 0 Å². The second-order valence-corrected chi connectivity index (χ2v) is 13.7. The van der Waals surface area contributed by atoms with E-state index in [4.69, 9.17) is 4.98 Å². The summed E-state index contributed by atoms with van der Waals surface area (Å²) in [5.41, 5.74) is 5.97. The van der Waals surface area contributed by atoms with Crippen LogP contribution in [0.5, 0.6) is 0 Å². The van der Waals surface area contributed by atoms with Gasteiger partial charge >= 0.3 is 0 Å². The molecule has 1 N–H and O–H groups in total. The minimum atomic E-state index is -1.41. The van der Waals surface area contributed by atoms with Crippen LogP contribution >= 0.6 is 0 Å². The Morgan fingerprint density at radius 2 is 1.92 bits per heavy atom. The van der Waals surface area contributed by atoms with Gasteiger partial charge in [-0.25, -0.2) is 0 Å². The maximum absolute atomic E-state index is 4.75. The van der Waals surface area contributed by atoms with Crippen LogP contribution in [0.2, 0.25) is 19.6 Å². The minimum absolute atomic E-state index is 0.0900. The van der Waals surface area contributed by atoms with E-state index in [2.05, 4.69) is 77.4 Å². The van der Waals surface area contributed by atoms with Crippen molar-refractivity contribution in [2.75, 3.05) is 6.54 Å². The molecule has 3 heteroatoms. The molecule has 0 amide bonds. The van der Waals surface area contributed by atoms with Crippen molar-refractivity contribution >= 4 is 29.6 Å². The summed E-state index contributed by atoms with van der Waals surface area (Å²) in [4.78, 5) is 4.75. The van der Waals surface area contributed by atoms with Gasteiger partial charge in [0.05, 0.1) is 13.8 Å². The topological polar surface area (TPSA) is 24.9 Å². The predicted molar refractivity (Wildman–Crippen MR) is 113 cm³/mol. The van der Waals surface area contributed by atoms with Crippen LogP contribution in [-0.4, -0.2) is 19.6 Å². The van der Waals surface area contributed by atoms with Crippen LogP contribution in [0, 0.1) is 0 Å². The Labute approximate surface area is 153 Å². The molecule has 0 bridgehead atoms. The Morgan fingerprint density at radius 3 is 2.52 bits per heavy atom. The molecule has 2 aromatic rings. The average Bonchev–Trinajstić information content (AvgIpc) is 2.51. The molecule has 2 nitrogen and oxygen atoms in total. The second-order valence-electron chi connectivity index (χ2n) is 8.67. The Morgan fingerprint density at radius 1 is 1.24 bits per heavy atom. The molecule has 0 fully saturated rings. The third-order valence-electron chi connectivity index (χ3n) is 5.45. The van der Waals surface area contributed by atoms with Crippen molar-refractivity contribution in [1.29, 1.82) is 0 Å². The molecule has 1 aromatic heterocycles. The van der Waals surface area contributed by atoms with Crippen LogP contribution in [-0.2, 0) is 5.41 Å². The van der Waals surface area contributed by atoms with Gasteiger partial charge in [-0.1, -0.05) is 57.4 Å². The Kier molecular flexibility index (Phi) is 4.19. The highest BCUT2D eigenvalue weighted by Crippen LogP contribution is 2.47. The lowest BCUT2D eigenvalue weighted by molar-refractivity contribution is 0.618. The lowest BCUT2D eigenvalue weighted by atomic mass is 9.68. The summed E-state index contributed by atoms with van der Waals surface area (Å²) in [6.07, 6.45) is 1.95. The zero-order valence-electron chi connectivity index (χ0n) is 16.7. The van der Waals surface area contributed by atoms with Crippen LogP contribution in [0.25, 0.3) is 16.3 Å². The highest BCUT2D eigenvalue weighted by Gasteiger charge is 2.37. The van der Waals surface area contributed by atoms with Crippen LogP contribution in [0.1, 0.15) is 39.0 Å². The fraction of sp³-hybridized carbons (Fsp3) is 0.409. The molecule has 0 unspecified atom stereocenters. The summed E-state index contributed by atoms with van der Waals surface area (Å²) in [7, 11) is -1.41. The molecule has 3 rings (SSSR count). The lowest BCUT2D eigenvalue weighted by Crippen LogP contribution is -2.39. The average molecular weight is 351 g/mol. The normalized spacial score (nSPS) is 16.3. The smallest absolute Gasteiger partial charge is 0.0776 e. The summed E-state index contributed by atoms with van der Waals surface area (Å²) >= 11 is 0. The molecule has 0 spiro atoms. The molecule has 1 aliphatic carbocycles. The molecule has 1 heterocycles. The molecule has 0 saturated heterocycles. The van der Waals surface area contributed by atoms with Gasteiger partial charge in [0.15, 0.2) is 0 Å². The first-order chi connectivity index (χ1) is 11.6. The number of nitrogens with one attached hydrogen (secondary N) is 1.